The molecule has 2 fully saturated rings. The third-order valence-corrected chi connectivity index (χ3v) is 5.49. The van der Waals surface area contributed by atoms with E-state index in [1.54, 1.807) is 0 Å². The minimum absolute atomic E-state index is 0.203. The summed E-state index contributed by atoms with van der Waals surface area (Å²) in [5, 5.41) is 3.24. The molecule has 1 aromatic heterocycles. The van der Waals surface area contributed by atoms with E-state index in [1.165, 1.54) is 37.7 Å². The van der Waals surface area contributed by atoms with Gasteiger partial charge in [-0.15, -0.1) is 0 Å². The molecule has 2 aliphatic rings. The van der Waals surface area contributed by atoms with Crippen LogP contribution in [0.4, 0.5) is 0 Å². The monoisotopic (exact) mass is 315 g/mol. The summed E-state index contributed by atoms with van der Waals surface area (Å²) in [7, 11) is 0. The number of rotatable bonds is 6. The van der Waals surface area contributed by atoms with E-state index in [9.17, 15) is 4.79 Å². The molecule has 0 aromatic carbocycles. The number of likely N-dealkylation sites (tertiary alicyclic amines) is 1. The van der Waals surface area contributed by atoms with Crippen molar-refractivity contribution in [1.82, 2.24) is 15.2 Å². The molecular formula is C19H29N3O. The van der Waals surface area contributed by atoms with Crippen LogP contribution in [0.25, 0.3) is 0 Å². The molecule has 0 spiro atoms. The van der Waals surface area contributed by atoms with Gasteiger partial charge < -0.3 is 5.32 Å². The lowest BCUT2D eigenvalue weighted by molar-refractivity contribution is -0.135. The molecule has 1 amide bonds. The van der Waals surface area contributed by atoms with E-state index in [-0.39, 0.29) is 11.4 Å². The highest BCUT2D eigenvalue weighted by molar-refractivity contribution is 5.86. The van der Waals surface area contributed by atoms with Crippen molar-refractivity contribution >= 4 is 5.91 Å². The van der Waals surface area contributed by atoms with Crippen molar-refractivity contribution in [3.8, 4) is 0 Å². The minimum Gasteiger partial charge on any atom is -0.354 e. The van der Waals surface area contributed by atoms with Crippen molar-refractivity contribution in [2.45, 2.75) is 63.3 Å². The average Bonchev–Trinajstić information content (AvgIpc) is 3.15. The molecular weight excluding hydrogens is 286 g/mol. The van der Waals surface area contributed by atoms with Gasteiger partial charge in [0.1, 0.15) is 5.54 Å². The molecule has 0 unspecified atom stereocenters. The number of nitrogens with one attached hydrogen (secondary N) is 1. The van der Waals surface area contributed by atoms with E-state index in [0.717, 1.165) is 45.3 Å². The predicted molar refractivity (Wildman–Crippen MR) is 92.2 cm³/mol. The summed E-state index contributed by atoms with van der Waals surface area (Å²) in [5.74, 6) is 0.286. The van der Waals surface area contributed by atoms with Crippen LogP contribution in [0.3, 0.4) is 0 Å². The zero-order valence-corrected chi connectivity index (χ0v) is 14.1. The van der Waals surface area contributed by atoms with E-state index in [1.807, 2.05) is 12.4 Å². The first-order valence-corrected chi connectivity index (χ1v) is 9.23. The fourth-order valence-electron chi connectivity index (χ4n) is 4.18. The van der Waals surface area contributed by atoms with Crippen LogP contribution in [0.2, 0.25) is 0 Å². The fraction of sp³-hybridized carbons (Fsp3) is 0.684. The second kappa shape index (κ2) is 7.91. The molecule has 0 atom stereocenters. The van der Waals surface area contributed by atoms with Crippen molar-refractivity contribution in [2.24, 2.45) is 0 Å². The molecule has 1 aliphatic carbocycles. The number of amides is 1. The molecule has 1 N–H and O–H groups in total. The van der Waals surface area contributed by atoms with E-state index < -0.39 is 0 Å². The van der Waals surface area contributed by atoms with E-state index in [4.69, 9.17) is 0 Å². The first-order chi connectivity index (χ1) is 11.3. The SMILES string of the molecule is O=C(NCCCc1ccncc1)C1(N2CCCC2)CCCCC1. The normalized spacial score (nSPS) is 21.2. The lowest BCUT2D eigenvalue weighted by Crippen LogP contribution is -2.59. The standard InChI is InChI=1S/C19H29N3O/c23-18(21-12-6-7-17-8-13-20-14-9-17)19(10-2-1-3-11-19)22-15-4-5-16-22/h8-9,13-14H,1-7,10-12,15-16H2,(H,21,23). The first-order valence-electron chi connectivity index (χ1n) is 9.23. The molecule has 4 nitrogen and oxygen atoms in total. The van der Waals surface area contributed by atoms with Crippen LogP contribution in [0.15, 0.2) is 24.5 Å². The number of hydrogen-bond acceptors (Lipinski definition) is 3. The number of pyridine rings is 1. The molecule has 1 aliphatic heterocycles. The van der Waals surface area contributed by atoms with Crippen LogP contribution in [-0.4, -0.2) is 41.0 Å². The Morgan fingerprint density at radius 1 is 1.09 bits per heavy atom. The second-order valence-corrected chi connectivity index (χ2v) is 7.00. The molecule has 4 heteroatoms. The summed E-state index contributed by atoms with van der Waals surface area (Å²) >= 11 is 0. The maximum atomic E-state index is 13.0. The summed E-state index contributed by atoms with van der Waals surface area (Å²) in [6.45, 7) is 2.98. The Morgan fingerprint density at radius 2 is 1.78 bits per heavy atom. The highest BCUT2D eigenvalue weighted by Crippen LogP contribution is 2.36. The number of aromatic nitrogens is 1. The molecule has 3 rings (SSSR count). The van der Waals surface area contributed by atoms with Gasteiger partial charge in [0, 0.05) is 18.9 Å². The molecule has 1 aromatic rings. The van der Waals surface area contributed by atoms with Gasteiger partial charge in [0.25, 0.3) is 0 Å². The van der Waals surface area contributed by atoms with Crippen LogP contribution < -0.4 is 5.32 Å². The Labute approximate surface area is 139 Å². The van der Waals surface area contributed by atoms with Crippen molar-refractivity contribution in [1.29, 1.82) is 0 Å². The Kier molecular flexibility index (Phi) is 5.65. The highest BCUT2D eigenvalue weighted by atomic mass is 16.2. The van der Waals surface area contributed by atoms with Crippen LogP contribution in [0.5, 0.6) is 0 Å². The zero-order valence-electron chi connectivity index (χ0n) is 14.1. The third kappa shape index (κ3) is 3.92. The van der Waals surface area contributed by atoms with Crippen molar-refractivity contribution in [2.75, 3.05) is 19.6 Å². The summed E-state index contributed by atoms with van der Waals surface area (Å²) in [4.78, 5) is 19.5. The average molecular weight is 315 g/mol. The van der Waals surface area contributed by atoms with Crippen LogP contribution in [0, 0.1) is 0 Å². The van der Waals surface area contributed by atoms with Crippen molar-refractivity contribution < 1.29 is 4.79 Å². The Hall–Kier alpha value is -1.42. The van der Waals surface area contributed by atoms with Gasteiger partial charge in [0.2, 0.25) is 5.91 Å². The number of carbonyl (C=O) groups is 1. The van der Waals surface area contributed by atoms with E-state index >= 15 is 0 Å². The fourth-order valence-corrected chi connectivity index (χ4v) is 4.18. The molecule has 2 heterocycles. The lowest BCUT2D eigenvalue weighted by Gasteiger charge is -2.43. The molecule has 1 saturated carbocycles. The summed E-state index contributed by atoms with van der Waals surface area (Å²) in [6.07, 6.45) is 13.9. The molecule has 23 heavy (non-hydrogen) atoms. The minimum atomic E-state index is -0.203. The van der Waals surface area contributed by atoms with Gasteiger partial charge in [-0.25, -0.2) is 0 Å². The summed E-state index contributed by atoms with van der Waals surface area (Å²) < 4.78 is 0. The van der Waals surface area contributed by atoms with Gasteiger partial charge in [0.15, 0.2) is 0 Å². The quantitative estimate of drug-likeness (QED) is 0.821. The molecule has 0 radical (unpaired) electrons. The van der Waals surface area contributed by atoms with Gasteiger partial charge >= 0.3 is 0 Å². The predicted octanol–water partition coefficient (Wildman–Crippen LogP) is 2.93. The summed E-state index contributed by atoms with van der Waals surface area (Å²) in [6, 6.07) is 4.10. The summed E-state index contributed by atoms with van der Waals surface area (Å²) in [5.41, 5.74) is 1.09. The number of nitrogens with zero attached hydrogens (tertiary/aromatic N) is 2. The number of carbonyl (C=O) groups excluding carboxylic acids is 1. The van der Waals surface area contributed by atoms with Gasteiger partial charge in [0.05, 0.1) is 0 Å². The Bertz CT molecular complexity index is 491. The van der Waals surface area contributed by atoms with Gasteiger partial charge in [-0.3, -0.25) is 14.7 Å². The van der Waals surface area contributed by atoms with Gasteiger partial charge in [-0.1, -0.05) is 19.3 Å². The Balaban J connectivity index is 1.52. The maximum absolute atomic E-state index is 13.0. The van der Waals surface area contributed by atoms with Crippen LogP contribution >= 0.6 is 0 Å². The maximum Gasteiger partial charge on any atom is 0.240 e. The largest absolute Gasteiger partial charge is 0.354 e. The van der Waals surface area contributed by atoms with Crippen LogP contribution in [-0.2, 0) is 11.2 Å². The number of aryl methyl sites for hydroxylation is 1. The zero-order chi connectivity index (χ0) is 16.0. The van der Waals surface area contributed by atoms with Crippen LogP contribution in [0.1, 0.15) is 56.9 Å². The molecule has 1 saturated heterocycles. The third-order valence-electron chi connectivity index (χ3n) is 5.49. The van der Waals surface area contributed by atoms with Gasteiger partial charge in [-0.05, 0) is 69.3 Å². The van der Waals surface area contributed by atoms with E-state index in [0.29, 0.717) is 0 Å². The van der Waals surface area contributed by atoms with Gasteiger partial charge in [-0.2, -0.15) is 0 Å². The second-order valence-electron chi connectivity index (χ2n) is 7.00. The molecule has 0 bridgehead atoms. The topological polar surface area (TPSA) is 45.2 Å². The number of hydrogen-bond donors (Lipinski definition) is 1. The van der Waals surface area contributed by atoms with Crippen molar-refractivity contribution in [3.05, 3.63) is 30.1 Å². The van der Waals surface area contributed by atoms with E-state index in [2.05, 4.69) is 27.3 Å². The van der Waals surface area contributed by atoms with Crippen molar-refractivity contribution in [3.63, 3.8) is 0 Å². The molecule has 126 valence electrons. The Morgan fingerprint density at radius 3 is 2.48 bits per heavy atom. The first kappa shape index (κ1) is 16.4. The lowest BCUT2D eigenvalue weighted by atomic mass is 9.79. The smallest absolute Gasteiger partial charge is 0.240 e. The highest BCUT2D eigenvalue weighted by Gasteiger charge is 2.45.